The molecule has 6 nitrogen and oxygen atoms in total. The average Bonchev–Trinajstić information content (AvgIpc) is 2.60. The largest absolute Gasteiger partial charge is 0.476 e. The predicted octanol–water partition coefficient (Wildman–Crippen LogP) is 1.22. The summed E-state index contributed by atoms with van der Waals surface area (Å²) in [6.45, 7) is 3.12. The van der Waals surface area contributed by atoms with E-state index in [9.17, 15) is 13.8 Å². The molecule has 100 valence electrons. The van der Waals surface area contributed by atoms with E-state index in [1.165, 1.54) is 6.92 Å². The third-order valence-corrected chi connectivity index (χ3v) is 4.06. The number of anilines is 1. The van der Waals surface area contributed by atoms with Crippen LogP contribution in [0.1, 0.15) is 34.0 Å². The van der Waals surface area contributed by atoms with Gasteiger partial charge in [-0.2, -0.15) is 0 Å². The van der Waals surface area contributed by atoms with Gasteiger partial charge in [-0.25, -0.2) is 9.78 Å². The molecule has 2 unspecified atom stereocenters. The molecular weight excluding hydrogens is 276 g/mol. The van der Waals surface area contributed by atoms with Crippen LogP contribution >= 0.6 is 11.3 Å². The molecule has 0 amide bonds. The number of nitrogens with zero attached hydrogens (tertiary/aromatic N) is 1. The fraction of sp³-hybridized carbons (Fsp3) is 0.500. The maximum Gasteiger partial charge on any atom is 0.356 e. The number of Topliss-reactive ketones (excluding diaryl/α,β-unsaturated/α-hetero) is 1. The van der Waals surface area contributed by atoms with Crippen LogP contribution in [0, 0.1) is 0 Å². The van der Waals surface area contributed by atoms with Crippen LogP contribution in [-0.2, 0) is 10.8 Å². The lowest BCUT2D eigenvalue weighted by molar-refractivity contribution is 0.0687. The summed E-state index contributed by atoms with van der Waals surface area (Å²) in [4.78, 5) is 26.2. The van der Waals surface area contributed by atoms with Crippen LogP contribution < -0.4 is 5.32 Å². The van der Waals surface area contributed by atoms with Gasteiger partial charge in [-0.1, -0.05) is 11.3 Å². The number of nitrogens with one attached hydrogen (secondary N) is 1. The quantitative estimate of drug-likeness (QED) is 0.765. The predicted molar refractivity (Wildman–Crippen MR) is 71.1 cm³/mol. The minimum absolute atomic E-state index is 0.108. The maximum absolute atomic E-state index is 11.3. The molecule has 0 aliphatic rings. The van der Waals surface area contributed by atoms with Crippen molar-refractivity contribution in [2.24, 2.45) is 0 Å². The highest BCUT2D eigenvalue weighted by molar-refractivity contribution is 7.84. The van der Waals surface area contributed by atoms with Crippen molar-refractivity contribution in [1.29, 1.82) is 0 Å². The van der Waals surface area contributed by atoms with Crippen LogP contribution in [-0.4, -0.2) is 44.1 Å². The van der Waals surface area contributed by atoms with Crippen LogP contribution in [0.15, 0.2) is 0 Å². The summed E-state index contributed by atoms with van der Waals surface area (Å²) in [7, 11) is -0.954. The zero-order valence-electron chi connectivity index (χ0n) is 10.2. The Labute approximate surface area is 111 Å². The molecule has 0 saturated heterocycles. The Morgan fingerprint density at radius 2 is 2.17 bits per heavy atom. The van der Waals surface area contributed by atoms with Gasteiger partial charge in [-0.15, -0.1) is 0 Å². The molecule has 18 heavy (non-hydrogen) atoms. The van der Waals surface area contributed by atoms with Crippen molar-refractivity contribution >= 4 is 39.0 Å². The van der Waals surface area contributed by atoms with E-state index in [1.54, 1.807) is 6.26 Å². The molecular formula is C10H14N2O4S2. The molecule has 1 aromatic heterocycles. The Bertz CT molecular complexity index is 467. The van der Waals surface area contributed by atoms with Gasteiger partial charge < -0.3 is 10.4 Å². The molecule has 0 aliphatic carbocycles. The van der Waals surface area contributed by atoms with Crippen molar-refractivity contribution in [3.05, 3.63) is 10.6 Å². The van der Waals surface area contributed by atoms with Crippen LogP contribution in [0.3, 0.4) is 0 Å². The number of carboxylic acids is 1. The molecule has 0 aliphatic heterocycles. The maximum atomic E-state index is 11.3. The monoisotopic (exact) mass is 290 g/mol. The first kappa shape index (κ1) is 14.8. The van der Waals surface area contributed by atoms with Gasteiger partial charge in [0, 0.05) is 35.8 Å². The van der Waals surface area contributed by atoms with Gasteiger partial charge in [0.25, 0.3) is 0 Å². The van der Waals surface area contributed by atoms with Crippen molar-refractivity contribution < 1.29 is 18.9 Å². The fourth-order valence-electron chi connectivity index (χ4n) is 1.37. The Hall–Kier alpha value is -1.28. The van der Waals surface area contributed by atoms with Crippen molar-refractivity contribution in [3.63, 3.8) is 0 Å². The summed E-state index contributed by atoms with van der Waals surface area (Å²) in [6.07, 6.45) is 1.59. The second kappa shape index (κ2) is 6.05. The second-order valence-corrected chi connectivity index (χ2v) is 6.32. The summed E-state index contributed by atoms with van der Waals surface area (Å²) >= 11 is 1.000. The molecule has 1 heterocycles. The summed E-state index contributed by atoms with van der Waals surface area (Å²) in [5.74, 6) is -1.13. The van der Waals surface area contributed by atoms with E-state index in [4.69, 9.17) is 5.11 Å². The van der Waals surface area contributed by atoms with Crippen LogP contribution in [0.4, 0.5) is 5.13 Å². The number of aromatic carboxylic acids is 1. The highest BCUT2D eigenvalue weighted by Crippen LogP contribution is 2.24. The number of ketones is 1. The zero-order chi connectivity index (χ0) is 13.9. The first-order chi connectivity index (χ1) is 8.31. The van der Waals surface area contributed by atoms with Gasteiger partial charge >= 0.3 is 5.97 Å². The fourth-order valence-corrected chi connectivity index (χ4v) is 3.12. The number of aromatic nitrogens is 1. The normalized spacial score (nSPS) is 13.9. The molecule has 0 saturated carbocycles. The lowest BCUT2D eigenvalue weighted by Gasteiger charge is -2.10. The summed E-state index contributed by atoms with van der Waals surface area (Å²) in [5, 5.41) is 12.2. The lowest BCUT2D eigenvalue weighted by Crippen LogP contribution is -2.22. The van der Waals surface area contributed by atoms with Gasteiger partial charge in [-0.05, 0) is 6.92 Å². The van der Waals surface area contributed by atoms with E-state index in [0.29, 0.717) is 10.9 Å². The van der Waals surface area contributed by atoms with Crippen LogP contribution in [0.2, 0.25) is 0 Å². The number of carbonyl (C=O) groups is 2. The van der Waals surface area contributed by atoms with Gasteiger partial charge in [0.15, 0.2) is 16.6 Å². The smallest absolute Gasteiger partial charge is 0.356 e. The second-order valence-electron chi connectivity index (χ2n) is 3.84. The first-order valence-corrected chi connectivity index (χ1v) is 7.67. The van der Waals surface area contributed by atoms with E-state index in [1.807, 2.05) is 6.92 Å². The van der Waals surface area contributed by atoms with E-state index in [-0.39, 0.29) is 22.4 Å². The Kier molecular flexibility index (Phi) is 4.97. The Morgan fingerprint density at radius 1 is 1.56 bits per heavy atom. The third-order valence-electron chi connectivity index (χ3n) is 2.00. The first-order valence-electron chi connectivity index (χ1n) is 5.13. The van der Waals surface area contributed by atoms with Gasteiger partial charge in [0.1, 0.15) is 4.88 Å². The topological polar surface area (TPSA) is 96.4 Å². The minimum atomic E-state index is -1.23. The van der Waals surface area contributed by atoms with E-state index >= 15 is 0 Å². The number of carboxylic acid groups (broad SMARTS) is 1. The number of hydrogen-bond acceptors (Lipinski definition) is 6. The highest BCUT2D eigenvalue weighted by Gasteiger charge is 2.21. The minimum Gasteiger partial charge on any atom is -0.476 e. The van der Waals surface area contributed by atoms with Crippen molar-refractivity contribution in [1.82, 2.24) is 4.98 Å². The van der Waals surface area contributed by atoms with Gasteiger partial charge in [0.05, 0.1) is 0 Å². The van der Waals surface area contributed by atoms with Crippen LogP contribution in [0.25, 0.3) is 0 Å². The number of thiazole rings is 1. The van der Waals surface area contributed by atoms with Gasteiger partial charge in [0.2, 0.25) is 0 Å². The molecule has 2 atom stereocenters. The van der Waals surface area contributed by atoms with E-state index in [0.717, 1.165) is 11.3 Å². The van der Waals surface area contributed by atoms with E-state index < -0.39 is 16.8 Å². The molecule has 0 spiro atoms. The number of hydrogen-bond donors (Lipinski definition) is 2. The van der Waals surface area contributed by atoms with E-state index in [2.05, 4.69) is 10.3 Å². The zero-order valence-corrected chi connectivity index (χ0v) is 11.9. The molecule has 1 aromatic rings. The lowest BCUT2D eigenvalue weighted by atomic mass is 10.3. The highest BCUT2D eigenvalue weighted by atomic mass is 32.2. The van der Waals surface area contributed by atoms with Crippen molar-refractivity contribution in [3.8, 4) is 0 Å². The molecule has 0 radical (unpaired) electrons. The summed E-state index contributed by atoms with van der Waals surface area (Å²) in [5.41, 5.74) is -0.236. The summed E-state index contributed by atoms with van der Waals surface area (Å²) in [6, 6.07) is -0.108. The SMILES string of the molecule is CC(=O)c1sc(NC(C)CS(C)=O)nc1C(=O)O. The number of carbonyl (C=O) groups excluding carboxylic acids is 1. The molecule has 1 rings (SSSR count). The molecule has 0 bridgehead atoms. The Morgan fingerprint density at radius 3 is 2.56 bits per heavy atom. The average molecular weight is 290 g/mol. The molecule has 0 aromatic carbocycles. The Balaban J connectivity index is 2.91. The standard InChI is InChI=1S/C10H14N2O4S2/c1-5(4-18(3)16)11-10-12-7(9(14)15)8(17-10)6(2)13/h5H,4H2,1-3H3,(H,11,12)(H,14,15). The molecule has 2 N–H and O–H groups in total. The van der Waals surface area contributed by atoms with Crippen molar-refractivity contribution in [2.75, 3.05) is 17.3 Å². The summed E-state index contributed by atoms with van der Waals surface area (Å²) < 4.78 is 11.0. The van der Waals surface area contributed by atoms with Gasteiger partial charge in [-0.3, -0.25) is 9.00 Å². The molecule has 0 fully saturated rings. The van der Waals surface area contributed by atoms with Crippen molar-refractivity contribution in [2.45, 2.75) is 19.9 Å². The third kappa shape index (κ3) is 3.88. The van der Waals surface area contributed by atoms with Crippen LogP contribution in [0.5, 0.6) is 0 Å². The number of rotatable bonds is 6. The molecule has 8 heteroatoms.